The normalized spacial score (nSPS) is 27.0. The quantitative estimate of drug-likeness (QED) is 0.274. The number of aliphatic hydroxyl groups excluding tert-OH is 4. The van der Waals surface area contributed by atoms with Crippen molar-refractivity contribution in [2.45, 2.75) is 90.7 Å². The zero-order valence-electron chi connectivity index (χ0n) is 27.8. The molecule has 3 aliphatic rings. The van der Waals surface area contributed by atoms with Crippen molar-refractivity contribution in [3.8, 4) is 5.75 Å². The molecule has 3 aliphatic heterocycles. The highest BCUT2D eigenvalue weighted by atomic mass is 32.1. The van der Waals surface area contributed by atoms with Gasteiger partial charge < -0.3 is 67.7 Å². The molecule has 0 spiro atoms. The van der Waals surface area contributed by atoms with Gasteiger partial charge in [-0.25, -0.2) is 0 Å². The molecule has 49 heavy (non-hydrogen) atoms. The molecule has 8 unspecified atom stereocenters. The van der Waals surface area contributed by atoms with E-state index in [-0.39, 0.29) is 20.6 Å². The summed E-state index contributed by atoms with van der Waals surface area (Å²) in [4.78, 5) is 42.3. The molecule has 0 aromatic heterocycles. The molecule has 0 radical (unpaired) electrons. The van der Waals surface area contributed by atoms with E-state index in [2.05, 4.69) is 13.4 Å². The van der Waals surface area contributed by atoms with Crippen molar-refractivity contribution in [3.63, 3.8) is 0 Å². The minimum absolute atomic E-state index is 0. The van der Waals surface area contributed by atoms with Gasteiger partial charge in [0.25, 0.3) is 14.9 Å². The highest BCUT2D eigenvalue weighted by Gasteiger charge is 2.28. The molecule has 0 saturated carbocycles. The van der Waals surface area contributed by atoms with E-state index in [1.165, 1.54) is 5.56 Å². The van der Waals surface area contributed by atoms with Crippen LogP contribution in [0.15, 0.2) is 24.3 Å². The monoisotopic (exact) mass is 808 g/mol. The largest absolute Gasteiger partial charge is 0.790 e. The predicted octanol–water partition coefficient (Wildman–Crippen LogP) is 2.24. The van der Waals surface area contributed by atoms with E-state index in [0.717, 1.165) is 26.1 Å². The molecule has 0 bridgehead atoms. The van der Waals surface area contributed by atoms with Crippen molar-refractivity contribution in [2.75, 3.05) is 40.8 Å². The molecule has 4 N–H and O–H groups in total. The lowest BCUT2D eigenvalue weighted by molar-refractivity contribution is -0.356. The van der Waals surface area contributed by atoms with Crippen LogP contribution in [0, 0.1) is 0 Å². The smallest absolute Gasteiger partial charge is 0.275 e. The van der Waals surface area contributed by atoms with Crippen molar-refractivity contribution >= 4 is 38.6 Å². The third kappa shape index (κ3) is 26.3. The van der Waals surface area contributed by atoms with Crippen LogP contribution in [-0.2, 0) is 47.3 Å². The minimum atomic E-state index is -4.98. The van der Waals surface area contributed by atoms with Gasteiger partial charge >= 0.3 is 0 Å². The molecule has 0 amide bonds. The van der Waals surface area contributed by atoms with Crippen molar-refractivity contribution in [1.29, 1.82) is 0 Å². The van der Waals surface area contributed by atoms with Crippen molar-refractivity contribution < 1.29 is 85.6 Å². The third-order valence-corrected chi connectivity index (χ3v) is 12.7. The number of phosphoric ester groups is 2. The van der Waals surface area contributed by atoms with Gasteiger partial charge in [-0.05, 0) is 58.4 Å². The number of aliphatic hydroxyl groups is 4. The Morgan fingerprint density at radius 3 is 1.73 bits per heavy atom. The topological polar surface area (TPSA) is 297 Å². The van der Waals surface area contributed by atoms with Crippen LogP contribution in [0.25, 0.3) is 0 Å². The molecular formula is C26H53O18P5-4. The van der Waals surface area contributed by atoms with Crippen LogP contribution < -0.4 is 24.1 Å². The summed E-state index contributed by atoms with van der Waals surface area (Å²) < 4.78 is 71.5. The predicted molar refractivity (Wildman–Crippen MR) is 178 cm³/mol. The fourth-order valence-electron chi connectivity index (χ4n) is 3.83. The number of ether oxygens (including phenoxy) is 2. The summed E-state index contributed by atoms with van der Waals surface area (Å²) in [6, 6.07) is 7.81. The molecule has 23 heteroatoms. The maximum Gasteiger partial charge on any atom is 0.275 e. The van der Waals surface area contributed by atoms with E-state index in [1.54, 1.807) is 6.66 Å². The maximum absolute atomic E-state index is 11.6. The van der Waals surface area contributed by atoms with Crippen LogP contribution in [-0.4, -0.2) is 86.0 Å². The van der Waals surface area contributed by atoms with E-state index >= 15 is 0 Å². The van der Waals surface area contributed by atoms with Gasteiger partial charge in [0.1, 0.15) is 13.3 Å². The summed E-state index contributed by atoms with van der Waals surface area (Å²) >= 11 is 0. The summed E-state index contributed by atoms with van der Waals surface area (Å²) in [5.41, 5.74) is 1.18. The van der Waals surface area contributed by atoms with E-state index < -0.39 is 55.1 Å². The zero-order valence-corrected chi connectivity index (χ0v) is 32.4. The molecule has 8 atom stereocenters. The molecule has 1 aromatic carbocycles. The maximum atomic E-state index is 11.6. The first-order chi connectivity index (χ1) is 22.4. The number of benzene rings is 1. The summed E-state index contributed by atoms with van der Waals surface area (Å²) in [7, 11) is -14.2. The average Bonchev–Trinajstić information content (AvgIpc) is 3.02. The highest BCUT2D eigenvalue weighted by Crippen LogP contribution is 2.66. The molecule has 0 aliphatic carbocycles. The second-order valence-corrected chi connectivity index (χ2v) is 19.8. The minimum Gasteiger partial charge on any atom is -0.790 e. The van der Waals surface area contributed by atoms with Gasteiger partial charge in [0.05, 0.1) is 33.2 Å². The Balaban J connectivity index is -0.000000601. The van der Waals surface area contributed by atoms with Gasteiger partial charge in [-0.3, -0.25) is 18.0 Å². The molecule has 294 valence electrons. The number of phosphoric acid groups is 2. The van der Waals surface area contributed by atoms with Crippen molar-refractivity contribution in [3.05, 3.63) is 29.8 Å². The second-order valence-electron chi connectivity index (χ2n) is 9.44. The summed E-state index contributed by atoms with van der Waals surface area (Å²) in [6.07, 6.45) is 1.02. The second kappa shape index (κ2) is 27.5. The van der Waals surface area contributed by atoms with E-state index in [9.17, 15) is 37.8 Å². The number of hydrogen-bond donors (Lipinski definition) is 4. The Bertz CT molecular complexity index is 1180. The number of rotatable bonds is 8. The van der Waals surface area contributed by atoms with Crippen LogP contribution in [0.1, 0.15) is 65.4 Å². The first-order valence-electron chi connectivity index (χ1n) is 14.6. The van der Waals surface area contributed by atoms with Crippen LogP contribution in [0.5, 0.6) is 5.75 Å². The molecule has 2 saturated heterocycles. The standard InChI is InChI=1S/C8H10O2P2.C7H16O8P2.C6H13O6P.C2H6.2CH4O.CH4/c1-12(9)10-8-5-3-2-4-7(8)6-11-12;1-16(9,10)15-17(11,12)14-7-4-2-3-6(5-8)13-7;7-4-5-2-1-3-6(11-5)12-13(8,9)10;3*1-2;/h2-5,11H,6H2,1H3;6-8H,2-5H2,1H3,(H,9,10)(H,11,12);5-7H,1-4H2,(H2,8,9,10);1-2H3;2*2H,1H3;1H4/p-4. The molecule has 4 rings (SSSR count). The number of hydrogen-bond acceptors (Lipinski definition) is 18. The van der Waals surface area contributed by atoms with Gasteiger partial charge in [0.15, 0.2) is 12.6 Å². The summed E-state index contributed by atoms with van der Waals surface area (Å²) in [5.74, 6) is 0.807. The van der Waals surface area contributed by atoms with Crippen LogP contribution in [0.2, 0.25) is 0 Å². The van der Waals surface area contributed by atoms with Gasteiger partial charge in [-0.15, -0.1) is 0 Å². The summed E-state index contributed by atoms with van der Waals surface area (Å²) in [5, 5.41) is 31.5. The van der Waals surface area contributed by atoms with Crippen molar-refractivity contribution in [2.24, 2.45) is 0 Å². The lowest BCUT2D eigenvalue weighted by atomic mass is 10.1. The lowest BCUT2D eigenvalue weighted by Gasteiger charge is -2.36. The Kier molecular flexibility index (Phi) is 29.8. The van der Waals surface area contributed by atoms with Crippen molar-refractivity contribution in [1.82, 2.24) is 0 Å². The molecule has 2 fully saturated rings. The fraction of sp³-hybridized carbons (Fsp3) is 0.769. The van der Waals surface area contributed by atoms with Crippen LogP contribution in [0.4, 0.5) is 0 Å². The lowest BCUT2D eigenvalue weighted by Crippen LogP contribution is -2.33. The first kappa shape index (κ1) is 53.2. The van der Waals surface area contributed by atoms with Crippen LogP contribution >= 0.6 is 38.6 Å². The van der Waals surface area contributed by atoms with E-state index in [4.69, 9.17) is 34.4 Å². The Morgan fingerprint density at radius 2 is 1.31 bits per heavy atom. The third-order valence-electron chi connectivity index (χ3n) is 5.57. The molecule has 18 nitrogen and oxygen atoms in total. The highest BCUT2D eigenvalue weighted by molar-refractivity contribution is 8.22. The van der Waals surface area contributed by atoms with Crippen LogP contribution in [0.3, 0.4) is 0 Å². The molecular weight excluding hydrogens is 755 g/mol. The Labute approximate surface area is 291 Å². The molecule has 3 heterocycles. The Hall–Kier alpha value is -0.150. The van der Waals surface area contributed by atoms with Gasteiger partial charge in [-0.1, -0.05) is 39.5 Å². The van der Waals surface area contributed by atoms with E-state index in [1.807, 2.05) is 38.1 Å². The van der Waals surface area contributed by atoms with Gasteiger partial charge in [-0.2, -0.15) is 0 Å². The number of fused-ring (bicyclic) bond motifs is 1. The Morgan fingerprint density at radius 1 is 0.857 bits per heavy atom. The van der Waals surface area contributed by atoms with Gasteiger partial charge in [0.2, 0.25) is 0 Å². The number of para-hydroxylation sites is 1. The summed E-state index contributed by atoms with van der Waals surface area (Å²) in [6.45, 7) is 5.89. The average molecular weight is 809 g/mol. The first-order valence-corrected chi connectivity index (χ1v) is 23.7. The molecule has 1 aromatic rings. The zero-order chi connectivity index (χ0) is 37.6. The van der Waals surface area contributed by atoms with E-state index in [0.29, 0.717) is 53.5 Å². The van der Waals surface area contributed by atoms with Gasteiger partial charge in [0, 0.05) is 33.7 Å². The fourth-order valence-corrected chi connectivity index (χ4v) is 9.55. The SMILES string of the molecule is C.CC.CO.CO.CP(=O)([O-])OP(=O)([O-])OC1CCCC(CO)O1.CP1(=O)Oc2ccccc2CP1.O=P([O-])([O-])OC1CCCC(CO)O1.